The Bertz CT molecular complexity index is 1320. The summed E-state index contributed by atoms with van der Waals surface area (Å²) in [7, 11) is 0. The third-order valence-electron chi connectivity index (χ3n) is 6.78. The number of H-pyrrole nitrogens is 1. The van der Waals surface area contributed by atoms with Gasteiger partial charge >= 0.3 is 0 Å². The molecule has 1 aromatic heterocycles. The van der Waals surface area contributed by atoms with Gasteiger partial charge in [-0.15, -0.1) is 0 Å². The van der Waals surface area contributed by atoms with E-state index in [4.69, 9.17) is 16.5 Å². The number of aromatic amines is 1. The second-order valence-corrected chi connectivity index (χ2v) is 8.98. The predicted octanol–water partition coefficient (Wildman–Crippen LogP) is 3.19. The van der Waals surface area contributed by atoms with E-state index < -0.39 is 0 Å². The van der Waals surface area contributed by atoms with E-state index >= 15 is 0 Å². The lowest BCUT2D eigenvalue weighted by Gasteiger charge is -2.25. The molecule has 1 amide bonds. The summed E-state index contributed by atoms with van der Waals surface area (Å²) in [6.45, 7) is 3.07. The van der Waals surface area contributed by atoms with E-state index in [0.29, 0.717) is 19.5 Å². The number of carbonyl (C=O) groups excluding carboxylic acids is 1. The maximum atomic E-state index is 13.8. The summed E-state index contributed by atoms with van der Waals surface area (Å²) in [4.78, 5) is 28.2. The second-order valence-electron chi connectivity index (χ2n) is 8.98. The molecule has 8 heteroatoms. The Morgan fingerprint density at radius 2 is 1.94 bits per heavy atom. The molecule has 2 atom stereocenters. The summed E-state index contributed by atoms with van der Waals surface area (Å²) in [5.74, 6) is 1.05. The Morgan fingerprint density at radius 3 is 2.71 bits per heavy atom. The van der Waals surface area contributed by atoms with Gasteiger partial charge in [-0.05, 0) is 30.9 Å². The summed E-state index contributed by atoms with van der Waals surface area (Å²) in [5, 5.41) is 4.65. The quantitative estimate of drug-likeness (QED) is 0.230. The Morgan fingerprint density at radius 1 is 1.17 bits per heavy atom. The summed E-state index contributed by atoms with van der Waals surface area (Å²) < 4.78 is 0. The van der Waals surface area contributed by atoms with Crippen LogP contribution in [-0.2, 0) is 4.79 Å². The van der Waals surface area contributed by atoms with Crippen LogP contribution in [0, 0.1) is 0 Å². The number of amides is 1. The monoisotopic (exact) mass is 469 g/mol. The van der Waals surface area contributed by atoms with E-state index in [1.54, 1.807) is 0 Å². The van der Waals surface area contributed by atoms with Crippen molar-refractivity contribution in [3.63, 3.8) is 0 Å². The number of nitrogens with zero attached hydrogens (tertiary/aromatic N) is 3. The molecule has 180 valence electrons. The van der Waals surface area contributed by atoms with Gasteiger partial charge in [-0.25, -0.2) is 0 Å². The van der Waals surface area contributed by atoms with Gasteiger partial charge in [0.1, 0.15) is 11.9 Å². The highest BCUT2D eigenvalue weighted by Gasteiger charge is 2.43. The average Bonchev–Trinajstić information content (AvgIpc) is 3.45. The van der Waals surface area contributed by atoms with Gasteiger partial charge in [-0.3, -0.25) is 19.7 Å². The van der Waals surface area contributed by atoms with Gasteiger partial charge in [0.25, 0.3) is 5.91 Å². The first-order valence-corrected chi connectivity index (χ1v) is 12.1. The molecular weight excluding hydrogens is 438 g/mol. The zero-order valence-electron chi connectivity index (χ0n) is 19.9. The smallest absolute Gasteiger partial charge is 0.251 e. The average molecular weight is 470 g/mol. The van der Waals surface area contributed by atoms with Crippen LogP contribution in [0.3, 0.4) is 0 Å². The fourth-order valence-electron chi connectivity index (χ4n) is 5.08. The molecule has 0 spiro atoms. The van der Waals surface area contributed by atoms with Crippen molar-refractivity contribution in [2.24, 2.45) is 21.5 Å². The highest BCUT2D eigenvalue weighted by molar-refractivity contribution is 6.13. The molecule has 0 saturated carbocycles. The van der Waals surface area contributed by atoms with Crippen LogP contribution in [-0.4, -0.2) is 46.6 Å². The lowest BCUT2D eigenvalue weighted by molar-refractivity contribution is -0.128. The fraction of sp³-hybridized carbons (Fsp3) is 0.296. The van der Waals surface area contributed by atoms with Crippen molar-refractivity contribution in [3.05, 3.63) is 83.4 Å². The van der Waals surface area contributed by atoms with E-state index in [2.05, 4.69) is 40.4 Å². The van der Waals surface area contributed by atoms with Crippen LogP contribution >= 0.6 is 0 Å². The number of carbonyl (C=O) groups is 1. The van der Waals surface area contributed by atoms with Gasteiger partial charge < -0.3 is 21.8 Å². The normalized spacial score (nSPS) is 18.3. The molecule has 0 aliphatic carbocycles. The number of nitrogens with one attached hydrogen (secondary N) is 2. The predicted molar refractivity (Wildman–Crippen MR) is 140 cm³/mol. The van der Waals surface area contributed by atoms with Gasteiger partial charge in [0, 0.05) is 35.1 Å². The number of rotatable bonds is 8. The number of nitrogens with two attached hydrogens (primary N) is 2. The molecule has 2 aromatic carbocycles. The van der Waals surface area contributed by atoms with Gasteiger partial charge in [-0.2, -0.15) is 0 Å². The first-order valence-electron chi connectivity index (χ1n) is 12.1. The Balaban J connectivity index is 1.49. The van der Waals surface area contributed by atoms with Crippen LogP contribution in [0.15, 0.2) is 82.3 Å². The maximum Gasteiger partial charge on any atom is 0.251 e. The molecule has 35 heavy (non-hydrogen) atoms. The van der Waals surface area contributed by atoms with Gasteiger partial charge in [0.15, 0.2) is 5.96 Å². The van der Waals surface area contributed by atoms with Crippen LogP contribution in [0.1, 0.15) is 43.2 Å². The third kappa shape index (κ3) is 4.39. The van der Waals surface area contributed by atoms with Crippen LogP contribution in [0.4, 0.5) is 0 Å². The summed E-state index contributed by atoms with van der Waals surface area (Å²) in [6.07, 6.45) is 4.22. The minimum atomic E-state index is -0.331. The number of aliphatic imine (C=N–C) groups is 2. The van der Waals surface area contributed by atoms with E-state index in [1.165, 1.54) is 0 Å². The number of para-hydroxylation sites is 1. The number of benzene rings is 2. The van der Waals surface area contributed by atoms with Gasteiger partial charge in [0.05, 0.1) is 18.0 Å². The molecule has 0 radical (unpaired) electrons. The van der Waals surface area contributed by atoms with Crippen molar-refractivity contribution < 1.29 is 4.79 Å². The van der Waals surface area contributed by atoms with Crippen LogP contribution < -0.4 is 16.8 Å². The minimum absolute atomic E-state index is 0.0706. The number of fused-ring (bicyclic) bond motifs is 2. The largest absolute Gasteiger partial charge is 0.370 e. The van der Waals surface area contributed by atoms with Crippen molar-refractivity contribution in [1.29, 1.82) is 0 Å². The standard InChI is InChI=1S/C27H31N7O/c1-2-18(17-9-4-3-5-10-17)24-26(35)34-16-23(20-15-31-21-12-7-6-11-19(20)21)32-22(25(34)33-24)13-8-14-30-27(28)29/h3-7,9-12,15,18,24,31,33H,2,8,13-14,16H2,1H3,(H4,28,29,30). The third-order valence-corrected chi connectivity index (χ3v) is 6.78. The van der Waals surface area contributed by atoms with E-state index in [0.717, 1.165) is 52.1 Å². The van der Waals surface area contributed by atoms with Crippen LogP contribution in [0.25, 0.3) is 10.9 Å². The molecule has 8 nitrogen and oxygen atoms in total. The molecule has 2 unspecified atom stereocenters. The number of allylic oxidation sites excluding steroid dienone is 1. The molecule has 3 heterocycles. The van der Waals surface area contributed by atoms with Crippen LogP contribution in [0.5, 0.6) is 0 Å². The lowest BCUT2D eigenvalue weighted by atomic mass is 9.89. The molecular formula is C27H31N7O. The number of aromatic nitrogens is 1. The zero-order chi connectivity index (χ0) is 24.4. The fourth-order valence-corrected chi connectivity index (χ4v) is 5.08. The number of hydrogen-bond acceptors (Lipinski definition) is 4. The summed E-state index contributed by atoms with van der Waals surface area (Å²) in [6, 6.07) is 18.1. The SMILES string of the molecule is CCC(c1ccccc1)C1NC2=C(CCCN=C(N)N)N=C(c3c[nH]c4ccccc34)CN2C1=O. The first kappa shape index (κ1) is 22.7. The minimum Gasteiger partial charge on any atom is -0.370 e. The van der Waals surface area contributed by atoms with Crippen molar-refractivity contribution in [3.8, 4) is 0 Å². The molecule has 5 rings (SSSR count). The molecule has 2 aliphatic heterocycles. The second kappa shape index (κ2) is 9.66. The van der Waals surface area contributed by atoms with Crippen molar-refractivity contribution in [1.82, 2.24) is 15.2 Å². The van der Waals surface area contributed by atoms with Crippen molar-refractivity contribution in [2.45, 2.75) is 38.1 Å². The molecule has 1 fully saturated rings. The maximum absolute atomic E-state index is 13.8. The van der Waals surface area contributed by atoms with Crippen LogP contribution in [0.2, 0.25) is 0 Å². The molecule has 6 N–H and O–H groups in total. The molecule has 0 bridgehead atoms. The Labute approximate surface area is 204 Å². The highest BCUT2D eigenvalue weighted by Crippen LogP contribution is 2.34. The van der Waals surface area contributed by atoms with Gasteiger partial charge in [0.2, 0.25) is 0 Å². The first-order chi connectivity index (χ1) is 17.1. The van der Waals surface area contributed by atoms with E-state index in [1.807, 2.05) is 47.5 Å². The summed E-state index contributed by atoms with van der Waals surface area (Å²) in [5.41, 5.74) is 16.0. The summed E-state index contributed by atoms with van der Waals surface area (Å²) >= 11 is 0. The Hall–Kier alpha value is -4.07. The lowest BCUT2D eigenvalue weighted by Crippen LogP contribution is -2.38. The van der Waals surface area contributed by atoms with E-state index in [-0.39, 0.29) is 23.8 Å². The highest BCUT2D eigenvalue weighted by atomic mass is 16.2. The van der Waals surface area contributed by atoms with Crippen molar-refractivity contribution in [2.75, 3.05) is 13.1 Å². The number of guanidine groups is 1. The zero-order valence-corrected chi connectivity index (χ0v) is 19.9. The van der Waals surface area contributed by atoms with Gasteiger partial charge in [-0.1, -0.05) is 55.5 Å². The molecule has 3 aromatic rings. The van der Waals surface area contributed by atoms with Crippen molar-refractivity contribution >= 4 is 28.5 Å². The Kier molecular flexibility index (Phi) is 6.27. The molecule has 2 aliphatic rings. The topological polar surface area (TPSA) is 125 Å². The molecule has 1 saturated heterocycles. The van der Waals surface area contributed by atoms with E-state index in [9.17, 15) is 4.79 Å². The number of hydrogen-bond donors (Lipinski definition) is 4.